The van der Waals surface area contributed by atoms with Gasteiger partial charge in [0.25, 0.3) is 0 Å². The van der Waals surface area contributed by atoms with Crippen LogP contribution in [-0.4, -0.2) is 17.9 Å². The number of anilines is 1. The lowest BCUT2D eigenvalue weighted by Gasteiger charge is -2.12. The molecule has 1 heterocycles. The highest BCUT2D eigenvalue weighted by Crippen LogP contribution is 2.21. The summed E-state index contributed by atoms with van der Waals surface area (Å²) in [6, 6.07) is 14.9. The van der Waals surface area contributed by atoms with Gasteiger partial charge in [0.15, 0.2) is 5.58 Å². The summed E-state index contributed by atoms with van der Waals surface area (Å²) in [6.45, 7) is 0. The number of carbonyl (C=O) groups is 1. The van der Waals surface area contributed by atoms with Crippen molar-refractivity contribution < 1.29 is 9.21 Å². The molecule has 0 fully saturated rings. The van der Waals surface area contributed by atoms with Crippen LogP contribution >= 0.6 is 11.6 Å². The van der Waals surface area contributed by atoms with E-state index in [1.165, 1.54) is 4.90 Å². The molecule has 1 amide bonds. The van der Waals surface area contributed by atoms with Crippen LogP contribution in [0.4, 0.5) is 6.01 Å². The largest absolute Gasteiger partial charge is 0.423 e. The average molecular weight is 301 g/mol. The first-order chi connectivity index (χ1) is 10.1. The van der Waals surface area contributed by atoms with Crippen molar-refractivity contribution in [2.24, 2.45) is 0 Å². The number of aromatic nitrogens is 1. The van der Waals surface area contributed by atoms with E-state index in [-0.39, 0.29) is 12.3 Å². The highest BCUT2D eigenvalue weighted by atomic mass is 35.5. The predicted octanol–water partition coefficient (Wildman–Crippen LogP) is 3.69. The average Bonchev–Trinajstić information content (AvgIpc) is 2.92. The van der Waals surface area contributed by atoms with E-state index < -0.39 is 0 Å². The standard InChI is InChI=1S/C16H13ClN2O2/c1-19(15(20)10-11-6-8-12(17)9-7-11)16-18-13-4-2-3-5-14(13)21-16/h2-9H,10H2,1H3. The Balaban J connectivity index is 1.78. The van der Waals surface area contributed by atoms with Gasteiger partial charge in [0, 0.05) is 12.1 Å². The third-order valence-corrected chi connectivity index (χ3v) is 3.46. The number of amides is 1. The van der Waals surface area contributed by atoms with Gasteiger partial charge < -0.3 is 4.42 Å². The Bertz CT molecular complexity index is 747. The fraction of sp³-hybridized carbons (Fsp3) is 0.125. The van der Waals surface area contributed by atoms with Gasteiger partial charge >= 0.3 is 6.01 Å². The molecule has 0 saturated heterocycles. The molecule has 0 N–H and O–H groups in total. The van der Waals surface area contributed by atoms with Crippen molar-refractivity contribution >= 4 is 34.6 Å². The summed E-state index contributed by atoms with van der Waals surface area (Å²) >= 11 is 5.83. The molecule has 3 rings (SSSR count). The molecule has 5 heteroatoms. The molecule has 0 aliphatic heterocycles. The number of oxazole rings is 1. The zero-order chi connectivity index (χ0) is 14.8. The Kier molecular flexibility index (Phi) is 3.62. The monoisotopic (exact) mass is 300 g/mol. The van der Waals surface area contributed by atoms with E-state index in [4.69, 9.17) is 16.0 Å². The molecule has 0 radical (unpaired) electrons. The molecular weight excluding hydrogens is 288 g/mol. The molecule has 0 atom stereocenters. The first-order valence-electron chi connectivity index (χ1n) is 6.50. The minimum Gasteiger partial charge on any atom is -0.423 e. The minimum absolute atomic E-state index is 0.0936. The van der Waals surface area contributed by atoms with Crippen LogP contribution in [0, 0.1) is 0 Å². The summed E-state index contributed by atoms with van der Waals surface area (Å²) in [5, 5.41) is 0.651. The van der Waals surface area contributed by atoms with E-state index in [1.54, 1.807) is 19.2 Å². The van der Waals surface area contributed by atoms with Crippen molar-refractivity contribution in [2.45, 2.75) is 6.42 Å². The third-order valence-electron chi connectivity index (χ3n) is 3.21. The van der Waals surface area contributed by atoms with Gasteiger partial charge in [-0.1, -0.05) is 35.9 Å². The number of likely N-dealkylation sites (N-methyl/N-ethyl adjacent to an activating group) is 1. The quantitative estimate of drug-likeness (QED) is 0.741. The Morgan fingerprint density at radius 3 is 2.62 bits per heavy atom. The van der Waals surface area contributed by atoms with Gasteiger partial charge in [-0.15, -0.1) is 0 Å². The van der Waals surface area contributed by atoms with Crippen LogP contribution in [0.2, 0.25) is 5.02 Å². The number of para-hydroxylation sites is 2. The van der Waals surface area contributed by atoms with Crippen LogP contribution in [0.1, 0.15) is 5.56 Å². The normalized spacial score (nSPS) is 10.8. The molecule has 4 nitrogen and oxygen atoms in total. The molecule has 106 valence electrons. The van der Waals surface area contributed by atoms with Gasteiger partial charge in [-0.3, -0.25) is 9.69 Å². The van der Waals surface area contributed by atoms with E-state index in [1.807, 2.05) is 36.4 Å². The minimum atomic E-state index is -0.0936. The molecule has 0 aliphatic rings. The van der Waals surface area contributed by atoms with E-state index in [0.717, 1.165) is 11.1 Å². The Morgan fingerprint density at radius 1 is 1.19 bits per heavy atom. The van der Waals surface area contributed by atoms with Crippen LogP contribution in [0.15, 0.2) is 52.9 Å². The number of nitrogens with zero attached hydrogens (tertiary/aromatic N) is 2. The lowest BCUT2D eigenvalue weighted by molar-refractivity contribution is -0.117. The van der Waals surface area contributed by atoms with Crippen LogP contribution in [0.3, 0.4) is 0 Å². The molecule has 0 saturated carbocycles. The van der Waals surface area contributed by atoms with Crippen LogP contribution in [0.5, 0.6) is 0 Å². The van der Waals surface area contributed by atoms with Crippen molar-refractivity contribution in [1.82, 2.24) is 4.98 Å². The second-order valence-corrected chi connectivity index (χ2v) is 5.16. The number of halogens is 1. The Labute approximate surface area is 127 Å². The number of fused-ring (bicyclic) bond motifs is 1. The number of rotatable bonds is 3. The summed E-state index contributed by atoms with van der Waals surface area (Å²) in [5.41, 5.74) is 2.30. The number of hydrogen-bond donors (Lipinski definition) is 0. The fourth-order valence-electron chi connectivity index (χ4n) is 2.01. The number of hydrogen-bond acceptors (Lipinski definition) is 3. The van der Waals surface area contributed by atoms with E-state index in [2.05, 4.69) is 4.98 Å². The van der Waals surface area contributed by atoms with Gasteiger partial charge in [-0.2, -0.15) is 4.98 Å². The summed E-state index contributed by atoms with van der Waals surface area (Å²) < 4.78 is 5.58. The van der Waals surface area contributed by atoms with Crippen molar-refractivity contribution in [1.29, 1.82) is 0 Å². The summed E-state index contributed by atoms with van der Waals surface area (Å²) in [7, 11) is 1.66. The molecule has 0 spiro atoms. The zero-order valence-corrected chi connectivity index (χ0v) is 12.2. The molecular formula is C16H13ClN2O2. The van der Waals surface area contributed by atoms with Crippen molar-refractivity contribution in [2.75, 3.05) is 11.9 Å². The molecule has 0 bridgehead atoms. The van der Waals surface area contributed by atoms with Gasteiger partial charge in [0.05, 0.1) is 6.42 Å². The van der Waals surface area contributed by atoms with Gasteiger partial charge in [0.2, 0.25) is 5.91 Å². The fourth-order valence-corrected chi connectivity index (χ4v) is 2.13. The van der Waals surface area contributed by atoms with Crippen molar-refractivity contribution in [3.05, 3.63) is 59.1 Å². The van der Waals surface area contributed by atoms with Crippen LogP contribution < -0.4 is 4.90 Å². The maximum Gasteiger partial charge on any atom is 0.304 e. The summed E-state index contributed by atoms with van der Waals surface area (Å²) in [4.78, 5) is 18.0. The highest BCUT2D eigenvalue weighted by molar-refractivity contribution is 6.30. The number of benzene rings is 2. The zero-order valence-electron chi connectivity index (χ0n) is 11.4. The first-order valence-corrected chi connectivity index (χ1v) is 6.88. The Morgan fingerprint density at radius 2 is 1.90 bits per heavy atom. The lowest BCUT2D eigenvalue weighted by Crippen LogP contribution is -2.28. The summed E-state index contributed by atoms with van der Waals surface area (Å²) in [5.74, 6) is -0.0936. The maximum atomic E-state index is 12.3. The topological polar surface area (TPSA) is 46.3 Å². The van der Waals surface area contributed by atoms with E-state index in [9.17, 15) is 4.79 Å². The van der Waals surface area contributed by atoms with E-state index in [0.29, 0.717) is 16.6 Å². The molecule has 3 aromatic rings. The first kappa shape index (κ1) is 13.6. The van der Waals surface area contributed by atoms with Gasteiger partial charge in [0.1, 0.15) is 5.52 Å². The summed E-state index contributed by atoms with van der Waals surface area (Å²) in [6.07, 6.45) is 0.270. The highest BCUT2D eigenvalue weighted by Gasteiger charge is 2.17. The molecule has 0 aliphatic carbocycles. The SMILES string of the molecule is CN(C(=O)Cc1ccc(Cl)cc1)c1nc2ccccc2o1. The second kappa shape index (κ2) is 5.58. The Hall–Kier alpha value is -2.33. The van der Waals surface area contributed by atoms with Crippen LogP contribution in [0.25, 0.3) is 11.1 Å². The number of carbonyl (C=O) groups excluding carboxylic acids is 1. The molecule has 0 unspecified atom stereocenters. The molecule has 1 aromatic heterocycles. The van der Waals surface area contributed by atoms with Gasteiger partial charge in [-0.25, -0.2) is 0 Å². The molecule has 21 heavy (non-hydrogen) atoms. The lowest BCUT2D eigenvalue weighted by atomic mass is 10.1. The van der Waals surface area contributed by atoms with Crippen molar-refractivity contribution in [3.8, 4) is 0 Å². The smallest absolute Gasteiger partial charge is 0.304 e. The van der Waals surface area contributed by atoms with Gasteiger partial charge in [-0.05, 0) is 29.8 Å². The maximum absolute atomic E-state index is 12.3. The molecule has 2 aromatic carbocycles. The van der Waals surface area contributed by atoms with E-state index >= 15 is 0 Å². The van der Waals surface area contributed by atoms with Crippen LogP contribution in [-0.2, 0) is 11.2 Å². The third kappa shape index (κ3) is 2.90. The van der Waals surface area contributed by atoms with Crippen molar-refractivity contribution in [3.63, 3.8) is 0 Å². The second-order valence-electron chi connectivity index (χ2n) is 4.72. The predicted molar refractivity (Wildman–Crippen MR) is 82.6 cm³/mol.